The Balaban J connectivity index is 1.85. The summed E-state index contributed by atoms with van der Waals surface area (Å²) in [6.45, 7) is 2.73. The molecule has 2 N–H and O–H groups in total. The van der Waals surface area contributed by atoms with Crippen LogP contribution in [0.2, 0.25) is 0 Å². The number of aromatic nitrogens is 2. The van der Waals surface area contributed by atoms with Crippen LogP contribution in [0.4, 0.5) is 0 Å². The fourth-order valence-electron chi connectivity index (χ4n) is 3.40. The first-order valence-corrected chi connectivity index (χ1v) is 10.2. The normalized spacial score (nSPS) is 18.7. The third-order valence-electron chi connectivity index (χ3n) is 4.84. The van der Waals surface area contributed by atoms with E-state index in [9.17, 15) is 13.2 Å². The summed E-state index contributed by atoms with van der Waals surface area (Å²) in [5.74, 6) is -0.173. The number of rotatable bonds is 6. The molecule has 140 valence electrons. The lowest BCUT2D eigenvalue weighted by Crippen LogP contribution is -2.40. The van der Waals surface area contributed by atoms with Gasteiger partial charge in [-0.25, -0.2) is 13.1 Å². The molecule has 7 nitrogen and oxygen atoms in total. The molecule has 2 aromatic rings. The summed E-state index contributed by atoms with van der Waals surface area (Å²) in [4.78, 5) is 11.3. The lowest BCUT2D eigenvalue weighted by atomic mass is 9.94. The van der Waals surface area contributed by atoms with Gasteiger partial charge in [0.25, 0.3) is 0 Å². The van der Waals surface area contributed by atoms with Crippen molar-refractivity contribution in [3.8, 4) is 5.69 Å². The molecule has 0 spiro atoms. The molecule has 0 saturated carbocycles. The minimum absolute atomic E-state index is 0.167. The summed E-state index contributed by atoms with van der Waals surface area (Å²) in [6.07, 6.45) is 6.08. The summed E-state index contributed by atoms with van der Waals surface area (Å²) >= 11 is 0. The summed E-state index contributed by atoms with van der Waals surface area (Å²) in [6, 6.07) is 7.12. The summed E-state index contributed by atoms with van der Waals surface area (Å²) in [5.41, 5.74) is 6.64. The number of amides is 1. The molecule has 2 heterocycles. The Hall–Kier alpha value is -2.19. The van der Waals surface area contributed by atoms with E-state index >= 15 is 0 Å². The second-order valence-electron chi connectivity index (χ2n) is 6.78. The van der Waals surface area contributed by atoms with Crippen molar-refractivity contribution >= 4 is 15.9 Å². The largest absolute Gasteiger partial charge is 0.370 e. The number of piperidine rings is 1. The molecular weight excluding hydrogens is 352 g/mol. The maximum absolute atomic E-state index is 13.2. The van der Waals surface area contributed by atoms with Gasteiger partial charge in [0.1, 0.15) is 0 Å². The summed E-state index contributed by atoms with van der Waals surface area (Å²) < 4.78 is 29.6. The fraction of sp³-hybridized carbons (Fsp3) is 0.444. The Kier molecular flexibility index (Phi) is 5.43. The van der Waals surface area contributed by atoms with Crippen molar-refractivity contribution in [1.29, 1.82) is 0 Å². The van der Waals surface area contributed by atoms with Crippen LogP contribution >= 0.6 is 0 Å². The molecule has 1 amide bonds. The number of primary amides is 1. The third-order valence-corrected chi connectivity index (χ3v) is 6.85. The number of carbonyl (C=O) groups is 1. The van der Waals surface area contributed by atoms with Crippen LogP contribution in [0.3, 0.4) is 0 Å². The summed E-state index contributed by atoms with van der Waals surface area (Å²) in [5, 5.41) is 4.17. The maximum atomic E-state index is 13.2. The van der Waals surface area contributed by atoms with Crippen LogP contribution in [-0.4, -0.2) is 41.5 Å². The van der Waals surface area contributed by atoms with Crippen molar-refractivity contribution in [3.05, 3.63) is 42.2 Å². The molecule has 1 aliphatic heterocycles. The standard InChI is InChI=1S/C18H24N4O3S/c1-14-5-7-16(22-11-3-9-20-22)12-17(14)26(24,25)21-10-2-4-15(13-21)6-8-18(19)23/h3,5,7,9,11-12,15H,2,4,6,8,10,13H2,1H3,(H2,19,23). The average Bonchev–Trinajstić information content (AvgIpc) is 3.15. The number of nitrogens with two attached hydrogens (primary N) is 1. The Morgan fingerprint density at radius 2 is 2.19 bits per heavy atom. The predicted octanol–water partition coefficient (Wildman–Crippen LogP) is 1.85. The van der Waals surface area contributed by atoms with Crippen LogP contribution in [0.25, 0.3) is 5.69 Å². The van der Waals surface area contributed by atoms with Crippen LogP contribution in [0, 0.1) is 12.8 Å². The topological polar surface area (TPSA) is 98.3 Å². The van der Waals surface area contributed by atoms with Crippen LogP contribution in [0.5, 0.6) is 0 Å². The van der Waals surface area contributed by atoms with Gasteiger partial charge < -0.3 is 5.73 Å². The van der Waals surface area contributed by atoms with E-state index in [2.05, 4.69) is 5.10 Å². The van der Waals surface area contributed by atoms with Gasteiger partial charge >= 0.3 is 0 Å². The van der Waals surface area contributed by atoms with Crippen LogP contribution in [0.1, 0.15) is 31.2 Å². The zero-order valence-electron chi connectivity index (χ0n) is 14.8. The Bertz CT molecular complexity index is 878. The van der Waals surface area contributed by atoms with Gasteiger partial charge in [-0.2, -0.15) is 9.40 Å². The third kappa shape index (κ3) is 3.96. The fourth-order valence-corrected chi connectivity index (χ4v) is 5.20. The SMILES string of the molecule is Cc1ccc(-n2cccn2)cc1S(=O)(=O)N1CCCC(CCC(N)=O)C1. The van der Waals surface area contributed by atoms with Gasteiger partial charge in [-0.3, -0.25) is 4.79 Å². The van der Waals surface area contributed by atoms with Gasteiger partial charge in [0.2, 0.25) is 15.9 Å². The van der Waals surface area contributed by atoms with Crippen molar-refractivity contribution in [3.63, 3.8) is 0 Å². The predicted molar refractivity (Wildman–Crippen MR) is 98.2 cm³/mol. The van der Waals surface area contributed by atoms with E-state index in [0.717, 1.165) is 12.8 Å². The second-order valence-corrected chi connectivity index (χ2v) is 8.68. The molecule has 26 heavy (non-hydrogen) atoms. The second kappa shape index (κ2) is 7.59. The number of benzene rings is 1. The number of hydrogen-bond donors (Lipinski definition) is 1. The molecule has 1 atom stereocenters. The monoisotopic (exact) mass is 376 g/mol. The zero-order valence-corrected chi connectivity index (χ0v) is 15.7. The van der Waals surface area contributed by atoms with Gasteiger partial charge in [0, 0.05) is 31.9 Å². The van der Waals surface area contributed by atoms with Gasteiger partial charge in [-0.15, -0.1) is 0 Å². The molecule has 1 fully saturated rings. The first-order chi connectivity index (χ1) is 12.4. The highest BCUT2D eigenvalue weighted by molar-refractivity contribution is 7.89. The van der Waals surface area contributed by atoms with Crippen molar-refractivity contribution in [2.24, 2.45) is 11.7 Å². The lowest BCUT2D eigenvalue weighted by Gasteiger charge is -2.32. The van der Waals surface area contributed by atoms with E-state index in [1.54, 1.807) is 42.2 Å². The zero-order chi connectivity index (χ0) is 18.7. The quantitative estimate of drug-likeness (QED) is 0.832. The molecule has 1 aliphatic rings. The first-order valence-electron chi connectivity index (χ1n) is 8.77. The average molecular weight is 376 g/mol. The Morgan fingerprint density at radius 1 is 1.38 bits per heavy atom. The molecule has 0 bridgehead atoms. The van der Waals surface area contributed by atoms with E-state index in [-0.39, 0.29) is 11.8 Å². The van der Waals surface area contributed by atoms with E-state index in [4.69, 9.17) is 5.73 Å². The van der Waals surface area contributed by atoms with Crippen molar-refractivity contribution in [2.45, 2.75) is 37.5 Å². The molecule has 0 aliphatic carbocycles. The highest BCUT2D eigenvalue weighted by Crippen LogP contribution is 2.28. The van der Waals surface area contributed by atoms with E-state index in [1.807, 2.05) is 6.07 Å². The van der Waals surface area contributed by atoms with Crippen molar-refractivity contribution in [2.75, 3.05) is 13.1 Å². The van der Waals surface area contributed by atoms with Gasteiger partial charge in [-0.05, 0) is 55.9 Å². The smallest absolute Gasteiger partial charge is 0.243 e. The Labute approximate surface area is 153 Å². The van der Waals surface area contributed by atoms with Crippen molar-refractivity contribution in [1.82, 2.24) is 14.1 Å². The van der Waals surface area contributed by atoms with E-state index in [1.165, 1.54) is 4.31 Å². The minimum atomic E-state index is -3.60. The number of carbonyl (C=O) groups excluding carboxylic acids is 1. The van der Waals surface area contributed by atoms with E-state index in [0.29, 0.717) is 42.1 Å². The van der Waals surface area contributed by atoms with Crippen molar-refractivity contribution < 1.29 is 13.2 Å². The van der Waals surface area contributed by atoms with E-state index < -0.39 is 10.0 Å². The molecule has 1 unspecified atom stereocenters. The van der Waals surface area contributed by atoms with Crippen LogP contribution in [0.15, 0.2) is 41.6 Å². The number of sulfonamides is 1. The maximum Gasteiger partial charge on any atom is 0.243 e. The highest BCUT2D eigenvalue weighted by atomic mass is 32.2. The first kappa shape index (κ1) is 18.6. The number of nitrogens with zero attached hydrogens (tertiary/aromatic N) is 3. The molecule has 0 radical (unpaired) electrons. The number of hydrogen-bond acceptors (Lipinski definition) is 4. The van der Waals surface area contributed by atoms with Gasteiger partial charge in [0.05, 0.1) is 10.6 Å². The van der Waals surface area contributed by atoms with Gasteiger partial charge in [-0.1, -0.05) is 6.07 Å². The minimum Gasteiger partial charge on any atom is -0.370 e. The lowest BCUT2D eigenvalue weighted by molar-refractivity contribution is -0.118. The molecule has 1 aromatic heterocycles. The summed E-state index contributed by atoms with van der Waals surface area (Å²) in [7, 11) is -3.60. The molecule has 1 saturated heterocycles. The molecule has 8 heteroatoms. The highest BCUT2D eigenvalue weighted by Gasteiger charge is 2.31. The van der Waals surface area contributed by atoms with Gasteiger partial charge in [0.15, 0.2) is 0 Å². The van der Waals surface area contributed by atoms with Crippen LogP contribution < -0.4 is 5.73 Å². The van der Waals surface area contributed by atoms with Crippen LogP contribution in [-0.2, 0) is 14.8 Å². The Morgan fingerprint density at radius 3 is 2.88 bits per heavy atom. The molecule has 1 aromatic carbocycles. The molecule has 3 rings (SSSR count). The molecular formula is C18H24N4O3S. The number of aryl methyl sites for hydroxylation is 1.